The Morgan fingerprint density at radius 3 is 2.08 bits per heavy atom. The molecule has 0 aromatic heterocycles. The van der Waals surface area contributed by atoms with Crippen molar-refractivity contribution in [3.63, 3.8) is 0 Å². The van der Waals surface area contributed by atoms with Crippen LogP contribution in [0.5, 0.6) is 5.75 Å². The van der Waals surface area contributed by atoms with Crippen LogP contribution in [0.15, 0.2) is 78.9 Å². The molecule has 0 aliphatic rings. The molecule has 0 atom stereocenters. The van der Waals surface area contributed by atoms with Gasteiger partial charge in [0.05, 0.1) is 5.97 Å². The van der Waals surface area contributed by atoms with Gasteiger partial charge in [-0.1, -0.05) is 48.5 Å². The number of carboxylic acids is 1. The first-order valence-corrected chi connectivity index (χ1v) is 8.02. The van der Waals surface area contributed by atoms with E-state index in [9.17, 15) is 14.7 Å². The van der Waals surface area contributed by atoms with Crippen LogP contribution in [0.4, 0.5) is 5.69 Å². The quantitative estimate of drug-likeness (QED) is 0.744. The Morgan fingerprint density at radius 2 is 1.42 bits per heavy atom. The lowest BCUT2D eigenvalue weighted by Gasteiger charge is -2.11. The van der Waals surface area contributed by atoms with Gasteiger partial charge in [0, 0.05) is 16.8 Å². The Bertz CT molecular complexity index is 905. The van der Waals surface area contributed by atoms with Crippen LogP contribution in [0.3, 0.4) is 0 Å². The van der Waals surface area contributed by atoms with Gasteiger partial charge in [0.1, 0.15) is 12.4 Å². The number of hydrogen-bond acceptors (Lipinski definition) is 4. The van der Waals surface area contributed by atoms with Gasteiger partial charge in [-0.2, -0.15) is 0 Å². The number of aromatic carboxylic acids is 1. The molecule has 5 nitrogen and oxygen atoms in total. The zero-order chi connectivity index (χ0) is 18.4. The van der Waals surface area contributed by atoms with Gasteiger partial charge in [-0.15, -0.1) is 0 Å². The Balaban J connectivity index is 1.64. The second-order valence-corrected chi connectivity index (χ2v) is 5.59. The van der Waals surface area contributed by atoms with Gasteiger partial charge >= 0.3 is 0 Å². The predicted octanol–water partition coefficient (Wildman–Crippen LogP) is 2.88. The molecule has 3 aromatic rings. The molecule has 0 aliphatic heterocycles. The van der Waals surface area contributed by atoms with Crippen molar-refractivity contribution in [3.8, 4) is 5.75 Å². The largest absolute Gasteiger partial charge is 0.545 e. The average Bonchev–Trinajstić information content (AvgIpc) is 2.68. The van der Waals surface area contributed by atoms with Crippen molar-refractivity contribution < 1.29 is 19.4 Å². The third kappa shape index (κ3) is 4.27. The minimum absolute atomic E-state index is 0.0527. The Morgan fingerprint density at radius 1 is 0.808 bits per heavy atom. The molecule has 3 aromatic carbocycles. The highest BCUT2D eigenvalue weighted by Gasteiger charge is 2.11. The molecule has 5 heteroatoms. The molecule has 3 rings (SSSR count). The topological polar surface area (TPSA) is 78.5 Å². The molecule has 0 bridgehead atoms. The molecule has 0 spiro atoms. The summed E-state index contributed by atoms with van der Waals surface area (Å²) in [5.74, 6) is -1.23. The van der Waals surface area contributed by atoms with E-state index >= 15 is 0 Å². The zero-order valence-corrected chi connectivity index (χ0v) is 13.8. The van der Waals surface area contributed by atoms with E-state index in [1.165, 1.54) is 12.1 Å². The molecule has 0 saturated carbocycles. The van der Waals surface area contributed by atoms with Crippen LogP contribution in [-0.2, 0) is 6.61 Å². The van der Waals surface area contributed by atoms with E-state index in [1.807, 2.05) is 30.3 Å². The fraction of sp³-hybridized carbons (Fsp3) is 0.0476. The number of amides is 1. The monoisotopic (exact) mass is 346 g/mol. The average molecular weight is 346 g/mol. The molecule has 130 valence electrons. The fourth-order valence-electron chi connectivity index (χ4n) is 2.43. The normalized spacial score (nSPS) is 10.2. The summed E-state index contributed by atoms with van der Waals surface area (Å²) in [6.07, 6.45) is 0. The molecule has 1 N–H and O–H groups in total. The molecular formula is C21H16NO4-. The van der Waals surface area contributed by atoms with Crippen LogP contribution in [0.25, 0.3) is 0 Å². The molecule has 26 heavy (non-hydrogen) atoms. The van der Waals surface area contributed by atoms with E-state index in [1.54, 1.807) is 36.4 Å². The molecule has 1 amide bonds. The minimum atomic E-state index is -1.39. The number of rotatable bonds is 6. The van der Waals surface area contributed by atoms with Crippen molar-refractivity contribution in [1.29, 1.82) is 0 Å². The highest BCUT2D eigenvalue weighted by atomic mass is 16.5. The smallest absolute Gasteiger partial charge is 0.256 e. The number of nitrogens with one attached hydrogen (secondary N) is 1. The van der Waals surface area contributed by atoms with E-state index in [0.717, 1.165) is 5.56 Å². The first kappa shape index (κ1) is 17.2. The molecule has 0 heterocycles. The number of carboxylic acid groups (broad SMARTS) is 1. The van der Waals surface area contributed by atoms with E-state index in [4.69, 9.17) is 4.74 Å². The highest BCUT2D eigenvalue weighted by Crippen LogP contribution is 2.18. The van der Waals surface area contributed by atoms with E-state index in [0.29, 0.717) is 18.0 Å². The second-order valence-electron chi connectivity index (χ2n) is 5.59. The van der Waals surface area contributed by atoms with Crippen LogP contribution in [0.2, 0.25) is 0 Å². The Labute approximate surface area is 150 Å². The number of carbonyl (C=O) groups is 2. The number of benzene rings is 3. The molecule has 0 saturated heterocycles. The summed E-state index contributed by atoms with van der Waals surface area (Å²) in [7, 11) is 0. The summed E-state index contributed by atoms with van der Waals surface area (Å²) in [6, 6.07) is 22.6. The fourth-order valence-corrected chi connectivity index (χ4v) is 2.43. The Kier molecular flexibility index (Phi) is 5.29. The van der Waals surface area contributed by atoms with Crippen LogP contribution >= 0.6 is 0 Å². The van der Waals surface area contributed by atoms with Gasteiger partial charge < -0.3 is 20.0 Å². The SMILES string of the molecule is O=C([O-])c1ccccc1C(=O)Nc1ccc(OCc2ccccc2)cc1. The molecule has 0 unspecified atom stereocenters. The van der Waals surface area contributed by atoms with Gasteiger partial charge in [0.2, 0.25) is 0 Å². The van der Waals surface area contributed by atoms with E-state index in [2.05, 4.69) is 5.32 Å². The highest BCUT2D eigenvalue weighted by molar-refractivity contribution is 6.10. The summed E-state index contributed by atoms with van der Waals surface area (Å²) < 4.78 is 5.69. The molecule has 0 radical (unpaired) electrons. The first-order valence-electron chi connectivity index (χ1n) is 8.02. The number of hydrogen-bond donors (Lipinski definition) is 1. The molecular weight excluding hydrogens is 330 g/mol. The van der Waals surface area contributed by atoms with Crippen molar-refractivity contribution in [1.82, 2.24) is 0 Å². The van der Waals surface area contributed by atoms with E-state index < -0.39 is 11.9 Å². The summed E-state index contributed by atoms with van der Waals surface area (Å²) >= 11 is 0. The minimum Gasteiger partial charge on any atom is -0.545 e. The van der Waals surface area contributed by atoms with Crippen LogP contribution in [0, 0.1) is 0 Å². The number of carbonyl (C=O) groups excluding carboxylic acids is 2. The van der Waals surface area contributed by atoms with Crippen molar-refractivity contribution >= 4 is 17.6 Å². The van der Waals surface area contributed by atoms with Gasteiger partial charge in [-0.25, -0.2) is 0 Å². The second kappa shape index (κ2) is 7.98. The summed E-state index contributed by atoms with van der Waals surface area (Å²) in [5.41, 5.74) is 1.50. The predicted molar refractivity (Wildman–Crippen MR) is 95.9 cm³/mol. The zero-order valence-electron chi connectivity index (χ0n) is 13.8. The van der Waals surface area contributed by atoms with Crippen molar-refractivity contribution in [2.75, 3.05) is 5.32 Å². The first-order chi connectivity index (χ1) is 12.6. The number of anilines is 1. The lowest BCUT2D eigenvalue weighted by molar-refractivity contribution is -0.255. The lowest BCUT2D eigenvalue weighted by atomic mass is 10.1. The third-order valence-corrected chi connectivity index (χ3v) is 3.75. The van der Waals surface area contributed by atoms with Crippen LogP contribution in [-0.4, -0.2) is 11.9 Å². The van der Waals surface area contributed by atoms with Crippen molar-refractivity contribution in [3.05, 3.63) is 95.6 Å². The van der Waals surface area contributed by atoms with Gasteiger partial charge in [-0.3, -0.25) is 4.79 Å². The maximum absolute atomic E-state index is 12.3. The third-order valence-electron chi connectivity index (χ3n) is 3.75. The maximum Gasteiger partial charge on any atom is 0.256 e. The number of ether oxygens (including phenoxy) is 1. The molecule has 0 fully saturated rings. The summed E-state index contributed by atoms with van der Waals surface area (Å²) in [5, 5.41) is 13.8. The van der Waals surface area contributed by atoms with Gasteiger partial charge in [0.15, 0.2) is 0 Å². The van der Waals surface area contributed by atoms with Crippen LogP contribution in [0.1, 0.15) is 26.3 Å². The summed E-state index contributed by atoms with van der Waals surface area (Å²) in [4.78, 5) is 23.4. The van der Waals surface area contributed by atoms with E-state index in [-0.39, 0.29) is 11.1 Å². The standard InChI is InChI=1S/C21H17NO4/c23-20(18-8-4-5-9-19(18)21(24)25)22-16-10-12-17(13-11-16)26-14-15-6-2-1-3-7-15/h1-13H,14H2,(H,22,23)(H,24,25)/p-1. The van der Waals surface area contributed by atoms with Crippen LogP contribution < -0.4 is 15.2 Å². The Hall–Kier alpha value is -3.60. The maximum atomic E-state index is 12.3. The van der Waals surface area contributed by atoms with Gasteiger partial charge in [-0.05, 0) is 35.9 Å². The van der Waals surface area contributed by atoms with Crippen molar-refractivity contribution in [2.24, 2.45) is 0 Å². The molecule has 0 aliphatic carbocycles. The van der Waals surface area contributed by atoms with Gasteiger partial charge in [0.25, 0.3) is 5.91 Å². The van der Waals surface area contributed by atoms with Crippen molar-refractivity contribution in [2.45, 2.75) is 6.61 Å². The summed E-state index contributed by atoms with van der Waals surface area (Å²) in [6.45, 7) is 0.450. The lowest BCUT2D eigenvalue weighted by Crippen LogP contribution is -2.26.